The third-order valence-corrected chi connectivity index (χ3v) is 5.61. The molecule has 1 N–H and O–H groups in total. The maximum Gasteiger partial charge on any atom is 0.229 e. The van der Waals surface area contributed by atoms with Gasteiger partial charge < -0.3 is 15.0 Å². The van der Waals surface area contributed by atoms with Crippen molar-refractivity contribution in [1.29, 1.82) is 0 Å². The Morgan fingerprint density at radius 1 is 1.24 bits per heavy atom. The summed E-state index contributed by atoms with van der Waals surface area (Å²) < 4.78 is 5.63. The van der Waals surface area contributed by atoms with Crippen molar-refractivity contribution in [3.63, 3.8) is 0 Å². The lowest BCUT2D eigenvalue weighted by molar-refractivity contribution is -0.122. The van der Waals surface area contributed by atoms with E-state index in [9.17, 15) is 9.59 Å². The summed E-state index contributed by atoms with van der Waals surface area (Å²) in [6.45, 7) is 2.75. The summed E-state index contributed by atoms with van der Waals surface area (Å²) in [5, 5.41) is 5.79. The maximum absolute atomic E-state index is 12.7. The molecule has 7 heteroatoms. The molecule has 0 unspecified atom stereocenters. The van der Waals surface area contributed by atoms with Crippen LogP contribution in [0.4, 0.5) is 11.4 Å². The highest BCUT2D eigenvalue weighted by molar-refractivity contribution is 7.13. The molecule has 1 fully saturated rings. The normalized spacial score (nSPS) is 16.1. The number of ether oxygens (including phenoxy) is 1. The predicted molar refractivity (Wildman–Crippen MR) is 114 cm³/mol. The highest BCUT2D eigenvalue weighted by Crippen LogP contribution is 2.33. The molecule has 29 heavy (non-hydrogen) atoms. The summed E-state index contributed by atoms with van der Waals surface area (Å²) in [7, 11) is 0. The summed E-state index contributed by atoms with van der Waals surface area (Å²) in [6, 6.07) is 15.0. The molecule has 6 nitrogen and oxygen atoms in total. The van der Waals surface area contributed by atoms with Gasteiger partial charge in [0.2, 0.25) is 11.8 Å². The zero-order valence-electron chi connectivity index (χ0n) is 16.0. The smallest absolute Gasteiger partial charge is 0.229 e. The number of nitrogens with one attached hydrogen (secondary N) is 1. The first-order valence-electron chi connectivity index (χ1n) is 9.48. The van der Waals surface area contributed by atoms with Gasteiger partial charge in [0, 0.05) is 35.8 Å². The van der Waals surface area contributed by atoms with E-state index in [1.165, 1.54) is 0 Å². The standard InChI is InChI=1S/C22H21N3O3S/c1-2-28-19-6-4-3-5-18(19)25-14-16(13-20(25)26)21(27)24-17-9-7-15(8-10-17)22-23-11-12-29-22/h3-12,16H,2,13-14H2,1H3,(H,24,27)/t16-/m1/s1. The first-order chi connectivity index (χ1) is 14.2. The molecule has 1 aliphatic heterocycles. The number of rotatable bonds is 6. The molecule has 0 saturated carbocycles. The van der Waals surface area contributed by atoms with Gasteiger partial charge >= 0.3 is 0 Å². The van der Waals surface area contributed by atoms with Crippen LogP contribution in [0.3, 0.4) is 0 Å². The quantitative estimate of drug-likeness (QED) is 0.665. The van der Waals surface area contributed by atoms with Gasteiger partial charge in [0.05, 0.1) is 18.2 Å². The lowest BCUT2D eigenvalue weighted by Gasteiger charge is -2.20. The van der Waals surface area contributed by atoms with Crippen LogP contribution in [0.25, 0.3) is 10.6 Å². The van der Waals surface area contributed by atoms with E-state index >= 15 is 0 Å². The lowest BCUT2D eigenvalue weighted by atomic mass is 10.1. The first kappa shape index (κ1) is 19.1. The highest BCUT2D eigenvalue weighted by atomic mass is 32.1. The van der Waals surface area contributed by atoms with Crippen molar-refractivity contribution >= 4 is 34.5 Å². The molecule has 2 aromatic carbocycles. The van der Waals surface area contributed by atoms with Gasteiger partial charge in [-0.3, -0.25) is 9.59 Å². The topological polar surface area (TPSA) is 71.5 Å². The Morgan fingerprint density at radius 2 is 2.03 bits per heavy atom. The molecular weight excluding hydrogens is 386 g/mol. The van der Waals surface area contributed by atoms with E-state index in [4.69, 9.17) is 4.74 Å². The van der Waals surface area contributed by atoms with E-state index in [-0.39, 0.29) is 18.2 Å². The second-order valence-electron chi connectivity index (χ2n) is 6.71. The fourth-order valence-electron chi connectivity index (χ4n) is 3.38. The van der Waals surface area contributed by atoms with Crippen molar-refractivity contribution in [3.8, 4) is 16.3 Å². The Labute approximate surface area is 173 Å². The number of carbonyl (C=O) groups excluding carboxylic acids is 2. The summed E-state index contributed by atoms with van der Waals surface area (Å²) in [6.07, 6.45) is 1.95. The summed E-state index contributed by atoms with van der Waals surface area (Å²) >= 11 is 1.57. The van der Waals surface area contributed by atoms with Crippen molar-refractivity contribution < 1.29 is 14.3 Å². The van der Waals surface area contributed by atoms with E-state index < -0.39 is 5.92 Å². The minimum Gasteiger partial charge on any atom is -0.492 e. The van der Waals surface area contributed by atoms with E-state index in [0.29, 0.717) is 30.3 Å². The largest absolute Gasteiger partial charge is 0.492 e. The van der Waals surface area contributed by atoms with E-state index in [0.717, 1.165) is 10.6 Å². The minimum atomic E-state index is -0.407. The Morgan fingerprint density at radius 3 is 2.76 bits per heavy atom. The van der Waals surface area contributed by atoms with Gasteiger partial charge in [0.15, 0.2) is 0 Å². The minimum absolute atomic E-state index is 0.0728. The number of aromatic nitrogens is 1. The summed E-state index contributed by atoms with van der Waals surface area (Å²) in [4.78, 5) is 31.2. The number of amides is 2. The molecule has 1 saturated heterocycles. The number of hydrogen-bond donors (Lipinski definition) is 1. The van der Waals surface area contributed by atoms with Crippen LogP contribution in [0, 0.1) is 5.92 Å². The molecule has 0 radical (unpaired) electrons. The Hall–Kier alpha value is -3.19. The third kappa shape index (κ3) is 4.14. The average Bonchev–Trinajstić information content (AvgIpc) is 3.39. The number of benzene rings is 2. The SMILES string of the molecule is CCOc1ccccc1N1C[C@H](C(=O)Nc2ccc(-c3nccs3)cc2)CC1=O. The Bertz CT molecular complexity index is 1000. The van der Waals surface area contributed by atoms with Gasteiger partial charge in [0.25, 0.3) is 0 Å². The number of hydrogen-bond acceptors (Lipinski definition) is 5. The molecule has 2 amide bonds. The second kappa shape index (κ2) is 8.45. The van der Waals surface area contributed by atoms with E-state index in [2.05, 4.69) is 10.3 Å². The van der Waals surface area contributed by atoms with Crippen LogP contribution in [-0.4, -0.2) is 29.9 Å². The molecule has 4 rings (SSSR count). The van der Waals surface area contributed by atoms with E-state index in [1.54, 1.807) is 22.4 Å². The summed E-state index contributed by atoms with van der Waals surface area (Å²) in [5.74, 6) is 0.0196. The predicted octanol–water partition coefficient (Wildman–Crippen LogP) is 4.20. The van der Waals surface area contributed by atoms with Crippen molar-refractivity contribution in [2.45, 2.75) is 13.3 Å². The fraction of sp³-hybridized carbons (Fsp3) is 0.227. The van der Waals surface area contributed by atoms with Crippen molar-refractivity contribution in [1.82, 2.24) is 4.98 Å². The Balaban J connectivity index is 1.43. The number of carbonyl (C=O) groups is 2. The molecule has 1 aliphatic rings. The van der Waals surface area contributed by atoms with Gasteiger partial charge in [-0.2, -0.15) is 0 Å². The van der Waals surface area contributed by atoms with Crippen LogP contribution < -0.4 is 15.0 Å². The third-order valence-electron chi connectivity index (χ3n) is 4.78. The number of thiazole rings is 1. The van der Waals surface area contributed by atoms with Gasteiger partial charge in [-0.1, -0.05) is 12.1 Å². The molecule has 0 bridgehead atoms. The van der Waals surface area contributed by atoms with Crippen LogP contribution in [-0.2, 0) is 9.59 Å². The fourth-order valence-corrected chi connectivity index (χ4v) is 4.02. The van der Waals surface area contributed by atoms with Crippen LogP contribution in [0.1, 0.15) is 13.3 Å². The van der Waals surface area contributed by atoms with Gasteiger partial charge in [0.1, 0.15) is 10.8 Å². The molecule has 2 heterocycles. The monoisotopic (exact) mass is 407 g/mol. The molecule has 1 atom stereocenters. The zero-order valence-corrected chi connectivity index (χ0v) is 16.8. The maximum atomic E-state index is 12.7. The Kier molecular flexibility index (Phi) is 5.57. The lowest BCUT2D eigenvalue weighted by Crippen LogP contribution is -2.28. The van der Waals surface area contributed by atoms with Gasteiger partial charge in [-0.25, -0.2) is 4.98 Å². The van der Waals surface area contributed by atoms with Gasteiger partial charge in [-0.05, 0) is 43.3 Å². The van der Waals surface area contributed by atoms with Crippen LogP contribution in [0.5, 0.6) is 5.75 Å². The van der Waals surface area contributed by atoms with Crippen molar-refractivity contribution in [2.24, 2.45) is 5.92 Å². The number of nitrogens with zero attached hydrogens (tertiary/aromatic N) is 2. The van der Waals surface area contributed by atoms with Crippen molar-refractivity contribution in [2.75, 3.05) is 23.4 Å². The molecule has 0 spiro atoms. The number of para-hydroxylation sites is 2. The average molecular weight is 407 g/mol. The number of anilines is 2. The summed E-state index contributed by atoms with van der Waals surface area (Å²) in [5.41, 5.74) is 2.42. The molecule has 1 aromatic heterocycles. The second-order valence-corrected chi connectivity index (χ2v) is 7.60. The highest BCUT2D eigenvalue weighted by Gasteiger charge is 2.36. The van der Waals surface area contributed by atoms with E-state index in [1.807, 2.05) is 60.8 Å². The molecule has 148 valence electrons. The van der Waals surface area contributed by atoms with Crippen LogP contribution in [0.2, 0.25) is 0 Å². The van der Waals surface area contributed by atoms with Crippen LogP contribution >= 0.6 is 11.3 Å². The molecular formula is C22H21N3O3S. The van der Waals surface area contributed by atoms with Crippen molar-refractivity contribution in [3.05, 3.63) is 60.1 Å². The van der Waals surface area contributed by atoms with Crippen LogP contribution in [0.15, 0.2) is 60.1 Å². The molecule has 3 aromatic rings. The first-order valence-corrected chi connectivity index (χ1v) is 10.4. The van der Waals surface area contributed by atoms with Gasteiger partial charge in [-0.15, -0.1) is 11.3 Å². The zero-order chi connectivity index (χ0) is 20.2. The molecule has 0 aliphatic carbocycles.